The fraction of sp³-hybridized carbons (Fsp3) is 0.750. The molecule has 1 amide bonds. The highest BCUT2D eigenvalue weighted by Gasteiger charge is 2.20. The van der Waals surface area contributed by atoms with E-state index in [1.54, 1.807) is 0 Å². The molecule has 1 N–H and O–H groups in total. The van der Waals surface area contributed by atoms with E-state index < -0.39 is 0 Å². The zero-order valence-corrected chi connectivity index (χ0v) is 23.9. The molecule has 210 valence electrons. The van der Waals surface area contributed by atoms with Crippen LogP contribution in [0.4, 0.5) is 0 Å². The summed E-state index contributed by atoms with van der Waals surface area (Å²) in [6.07, 6.45) is 20.3. The molecule has 5 heteroatoms. The van der Waals surface area contributed by atoms with Gasteiger partial charge < -0.3 is 14.8 Å². The van der Waals surface area contributed by atoms with E-state index in [0.717, 1.165) is 24.8 Å². The SMILES string of the molecule is CCCCCCCCCCCC(=O)NC(CCCCCCC)CCOC[C@@H]1COC(c2ccccc2)=N1. The Bertz CT molecular complexity index is 722. The molecule has 0 radical (unpaired) electrons. The van der Waals surface area contributed by atoms with Crippen LogP contribution in [0.1, 0.15) is 129 Å². The summed E-state index contributed by atoms with van der Waals surface area (Å²) >= 11 is 0. The zero-order valence-electron chi connectivity index (χ0n) is 23.9. The standard InChI is InChI=1S/C32H54N2O3/c1-3-5-7-9-10-11-12-14-19-23-31(35)33-29(22-18-13-8-6-4-2)24-25-36-26-30-27-37-32(34-30)28-20-16-15-17-21-28/h15-17,20-21,29-30H,3-14,18-19,22-27H2,1-2H3,(H,33,35)/t29?,30-/m1/s1. The normalized spacial score (nSPS) is 15.8. The highest BCUT2D eigenvalue weighted by atomic mass is 16.5. The van der Waals surface area contributed by atoms with Gasteiger partial charge in [-0.05, 0) is 31.4 Å². The Morgan fingerprint density at radius 3 is 2.19 bits per heavy atom. The molecule has 1 unspecified atom stereocenters. The first-order valence-electron chi connectivity index (χ1n) is 15.4. The van der Waals surface area contributed by atoms with Crippen LogP contribution in [0.25, 0.3) is 0 Å². The van der Waals surface area contributed by atoms with Crippen molar-refractivity contribution in [2.75, 3.05) is 19.8 Å². The van der Waals surface area contributed by atoms with Gasteiger partial charge in [-0.3, -0.25) is 4.79 Å². The van der Waals surface area contributed by atoms with E-state index in [-0.39, 0.29) is 18.0 Å². The number of hydrogen-bond donors (Lipinski definition) is 1. The van der Waals surface area contributed by atoms with Gasteiger partial charge in [0.25, 0.3) is 0 Å². The summed E-state index contributed by atoms with van der Waals surface area (Å²) < 4.78 is 11.7. The lowest BCUT2D eigenvalue weighted by Gasteiger charge is -2.19. The quantitative estimate of drug-likeness (QED) is 0.150. The number of nitrogens with zero attached hydrogens (tertiary/aromatic N) is 1. The van der Waals surface area contributed by atoms with Crippen LogP contribution in [-0.2, 0) is 14.3 Å². The molecule has 1 aromatic carbocycles. The van der Waals surface area contributed by atoms with Gasteiger partial charge in [-0.2, -0.15) is 0 Å². The van der Waals surface area contributed by atoms with Crippen molar-refractivity contribution in [2.24, 2.45) is 4.99 Å². The largest absolute Gasteiger partial charge is 0.475 e. The van der Waals surface area contributed by atoms with Gasteiger partial charge in [-0.1, -0.05) is 116 Å². The lowest BCUT2D eigenvalue weighted by atomic mass is 10.0. The van der Waals surface area contributed by atoms with Gasteiger partial charge in [0, 0.05) is 24.6 Å². The summed E-state index contributed by atoms with van der Waals surface area (Å²) in [5.74, 6) is 0.922. The summed E-state index contributed by atoms with van der Waals surface area (Å²) in [7, 11) is 0. The molecular weight excluding hydrogens is 460 g/mol. The van der Waals surface area contributed by atoms with Crippen molar-refractivity contribution in [1.29, 1.82) is 0 Å². The molecule has 1 aromatic rings. The van der Waals surface area contributed by atoms with Crippen molar-refractivity contribution in [3.05, 3.63) is 35.9 Å². The molecule has 0 aliphatic carbocycles. The Kier molecular flexibility index (Phi) is 17.9. The highest BCUT2D eigenvalue weighted by Crippen LogP contribution is 2.14. The number of nitrogens with one attached hydrogen (secondary N) is 1. The Morgan fingerprint density at radius 1 is 0.892 bits per heavy atom. The zero-order chi connectivity index (χ0) is 26.4. The second-order valence-electron chi connectivity index (χ2n) is 10.7. The van der Waals surface area contributed by atoms with Crippen LogP contribution in [-0.4, -0.2) is 43.7 Å². The number of ether oxygens (including phenoxy) is 2. The van der Waals surface area contributed by atoms with Crippen LogP contribution in [0, 0.1) is 0 Å². The molecule has 1 heterocycles. The maximum absolute atomic E-state index is 12.6. The van der Waals surface area contributed by atoms with Crippen molar-refractivity contribution in [2.45, 2.75) is 135 Å². The topological polar surface area (TPSA) is 59.9 Å². The second-order valence-corrected chi connectivity index (χ2v) is 10.7. The molecular formula is C32H54N2O3. The minimum Gasteiger partial charge on any atom is -0.475 e. The molecule has 0 spiro atoms. The highest BCUT2D eigenvalue weighted by molar-refractivity contribution is 5.95. The van der Waals surface area contributed by atoms with Gasteiger partial charge in [0.1, 0.15) is 12.6 Å². The summed E-state index contributed by atoms with van der Waals surface area (Å²) in [4.78, 5) is 17.3. The maximum atomic E-state index is 12.6. The summed E-state index contributed by atoms with van der Waals surface area (Å²) in [5, 5.41) is 3.32. The van der Waals surface area contributed by atoms with Gasteiger partial charge in [0.15, 0.2) is 0 Å². The van der Waals surface area contributed by atoms with Crippen LogP contribution in [0.2, 0.25) is 0 Å². The number of amides is 1. The van der Waals surface area contributed by atoms with Crippen LogP contribution in [0.15, 0.2) is 35.3 Å². The average Bonchev–Trinajstić information content (AvgIpc) is 3.39. The van der Waals surface area contributed by atoms with Crippen LogP contribution in [0.3, 0.4) is 0 Å². The molecule has 0 bridgehead atoms. The lowest BCUT2D eigenvalue weighted by Crippen LogP contribution is -2.35. The third-order valence-corrected chi connectivity index (χ3v) is 7.18. The molecule has 5 nitrogen and oxygen atoms in total. The van der Waals surface area contributed by atoms with Crippen molar-refractivity contribution in [3.8, 4) is 0 Å². The van der Waals surface area contributed by atoms with Crippen molar-refractivity contribution in [1.82, 2.24) is 5.32 Å². The van der Waals surface area contributed by atoms with E-state index in [9.17, 15) is 4.79 Å². The fourth-order valence-corrected chi connectivity index (χ4v) is 4.86. The maximum Gasteiger partial charge on any atom is 0.220 e. The number of carbonyl (C=O) groups is 1. The minimum absolute atomic E-state index is 0.0453. The molecule has 0 saturated carbocycles. The van der Waals surface area contributed by atoms with E-state index in [1.165, 1.54) is 83.5 Å². The molecule has 0 aromatic heterocycles. The predicted octanol–water partition coefficient (Wildman–Crippen LogP) is 8.00. The number of aliphatic imine (C=N–C) groups is 1. The Hall–Kier alpha value is -1.88. The van der Waals surface area contributed by atoms with Crippen LogP contribution >= 0.6 is 0 Å². The Morgan fingerprint density at radius 2 is 1.51 bits per heavy atom. The minimum atomic E-state index is 0.0453. The summed E-state index contributed by atoms with van der Waals surface area (Å²) in [6, 6.07) is 10.3. The van der Waals surface area contributed by atoms with Crippen molar-refractivity contribution < 1.29 is 14.3 Å². The molecule has 1 aliphatic rings. The second kappa shape index (κ2) is 21.1. The Balaban J connectivity index is 1.63. The monoisotopic (exact) mass is 514 g/mol. The fourth-order valence-electron chi connectivity index (χ4n) is 4.86. The first-order valence-corrected chi connectivity index (χ1v) is 15.4. The van der Waals surface area contributed by atoms with Gasteiger partial charge in [0.05, 0.1) is 6.61 Å². The number of rotatable bonds is 23. The molecule has 0 saturated heterocycles. The van der Waals surface area contributed by atoms with E-state index in [4.69, 9.17) is 9.47 Å². The molecule has 37 heavy (non-hydrogen) atoms. The van der Waals surface area contributed by atoms with Gasteiger partial charge in [0.2, 0.25) is 11.8 Å². The lowest BCUT2D eigenvalue weighted by molar-refractivity contribution is -0.122. The van der Waals surface area contributed by atoms with E-state index in [2.05, 4.69) is 24.2 Å². The van der Waals surface area contributed by atoms with Crippen LogP contribution < -0.4 is 5.32 Å². The number of benzene rings is 1. The predicted molar refractivity (Wildman–Crippen MR) is 155 cm³/mol. The smallest absolute Gasteiger partial charge is 0.220 e. The first kappa shape index (κ1) is 31.3. The molecule has 0 fully saturated rings. The molecule has 2 atom stereocenters. The number of hydrogen-bond acceptors (Lipinski definition) is 4. The first-order chi connectivity index (χ1) is 18.2. The average molecular weight is 515 g/mol. The van der Waals surface area contributed by atoms with Gasteiger partial charge in [-0.15, -0.1) is 0 Å². The third-order valence-electron chi connectivity index (χ3n) is 7.18. The molecule has 2 rings (SSSR count). The number of carbonyl (C=O) groups excluding carboxylic acids is 1. The summed E-state index contributed by atoms with van der Waals surface area (Å²) in [5.41, 5.74) is 1.02. The number of unbranched alkanes of at least 4 members (excludes halogenated alkanes) is 12. The summed E-state index contributed by atoms with van der Waals surface area (Å²) in [6.45, 7) is 6.28. The van der Waals surface area contributed by atoms with Crippen molar-refractivity contribution >= 4 is 11.8 Å². The Labute approximate surface area is 227 Å². The van der Waals surface area contributed by atoms with E-state index in [1.807, 2.05) is 30.3 Å². The molecule has 1 aliphatic heterocycles. The third kappa shape index (κ3) is 15.2. The van der Waals surface area contributed by atoms with Crippen molar-refractivity contribution in [3.63, 3.8) is 0 Å². The van der Waals surface area contributed by atoms with Crippen LogP contribution in [0.5, 0.6) is 0 Å². The van der Waals surface area contributed by atoms with E-state index in [0.29, 0.717) is 32.1 Å². The van der Waals surface area contributed by atoms with Gasteiger partial charge >= 0.3 is 0 Å². The van der Waals surface area contributed by atoms with Gasteiger partial charge in [-0.25, -0.2) is 4.99 Å². The van der Waals surface area contributed by atoms with E-state index >= 15 is 0 Å².